The first-order valence-corrected chi connectivity index (χ1v) is 5.33. The Bertz CT molecular complexity index is 141. The third kappa shape index (κ3) is 5.43. The van der Waals surface area contributed by atoms with Gasteiger partial charge >= 0.3 is 5.97 Å². The minimum atomic E-state index is -0.751. The quantitative estimate of drug-likeness (QED) is 0.661. The van der Waals surface area contributed by atoms with Gasteiger partial charge in [-0.3, -0.25) is 4.79 Å². The zero-order chi connectivity index (χ0) is 9.56. The fraction of sp³-hybridized carbons (Fsp3) is 0.875. The Balaban J connectivity index is 3.74. The van der Waals surface area contributed by atoms with Gasteiger partial charge in [0.15, 0.2) is 0 Å². The summed E-state index contributed by atoms with van der Waals surface area (Å²) in [4.78, 5) is 10.4. The van der Waals surface area contributed by atoms with Crippen LogP contribution in [0.2, 0.25) is 0 Å². The van der Waals surface area contributed by atoms with Crippen LogP contribution < -0.4 is 5.73 Å². The van der Waals surface area contributed by atoms with Crippen molar-refractivity contribution in [3.05, 3.63) is 0 Å². The molecule has 0 aromatic rings. The molecule has 0 radical (unpaired) electrons. The molecule has 3 nitrogen and oxygen atoms in total. The lowest BCUT2D eigenvalue weighted by molar-refractivity contribution is -0.138. The van der Waals surface area contributed by atoms with Crippen molar-refractivity contribution in [2.24, 2.45) is 11.7 Å². The van der Waals surface area contributed by atoms with E-state index in [-0.39, 0.29) is 12.3 Å². The summed E-state index contributed by atoms with van der Waals surface area (Å²) < 4.78 is 0. The second-order valence-electron chi connectivity index (χ2n) is 2.98. The fourth-order valence-electron chi connectivity index (χ4n) is 1.08. The second kappa shape index (κ2) is 6.31. The zero-order valence-corrected chi connectivity index (χ0v) is 8.43. The maximum absolute atomic E-state index is 10.4. The van der Waals surface area contributed by atoms with E-state index in [1.807, 2.05) is 6.26 Å². The minimum Gasteiger partial charge on any atom is -0.481 e. The van der Waals surface area contributed by atoms with E-state index in [1.165, 1.54) is 0 Å². The minimum absolute atomic E-state index is 0.130. The van der Waals surface area contributed by atoms with E-state index in [1.54, 1.807) is 11.8 Å². The summed E-state index contributed by atoms with van der Waals surface area (Å²) in [6.07, 6.45) is 3.12. The summed E-state index contributed by atoms with van der Waals surface area (Å²) >= 11 is 1.75. The van der Waals surface area contributed by atoms with Crippen molar-refractivity contribution < 1.29 is 9.90 Å². The molecule has 0 amide bonds. The zero-order valence-electron chi connectivity index (χ0n) is 7.62. The van der Waals surface area contributed by atoms with Gasteiger partial charge in [-0.15, -0.1) is 0 Å². The van der Waals surface area contributed by atoms with Crippen molar-refractivity contribution in [3.63, 3.8) is 0 Å². The molecule has 0 bridgehead atoms. The highest BCUT2D eigenvalue weighted by molar-refractivity contribution is 7.99. The third-order valence-electron chi connectivity index (χ3n) is 1.86. The number of carbonyl (C=O) groups is 1. The molecule has 0 rings (SSSR count). The second-order valence-corrected chi connectivity index (χ2v) is 4.26. The van der Waals surface area contributed by atoms with Crippen molar-refractivity contribution in [2.75, 3.05) is 12.8 Å². The maximum atomic E-state index is 10.4. The smallest absolute Gasteiger partial charge is 0.303 e. The van der Waals surface area contributed by atoms with Crippen LogP contribution in [0.4, 0.5) is 0 Å². The topological polar surface area (TPSA) is 63.3 Å². The molecule has 0 saturated carbocycles. The molecule has 0 aliphatic carbocycles. The van der Waals surface area contributed by atoms with E-state index >= 15 is 0 Å². The van der Waals surface area contributed by atoms with Crippen molar-refractivity contribution in [1.29, 1.82) is 0 Å². The molecule has 0 aromatic heterocycles. The molecule has 0 aliphatic heterocycles. The van der Waals surface area contributed by atoms with Gasteiger partial charge in [0.2, 0.25) is 0 Å². The van der Waals surface area contributed by atoms with E-state index in [9.17, 15) is 4.79 Å². The number of carboxylic acid groups (broad SMARTS) is 1. The number of thioether (sulfide) groups is 1. The summed E-state index contributed by atoms with van der Waals surface area (Å²) in [5, 5.41) is 9.04. The fourth-order valence-corrected chi connectivity index (χ4v) is 1.54. The van der Waals surface area contributed by atoms with E-state index in [0.717, 1.165) is 6.42 Å². The Kier molecular flexibility index (Phi) is 6.20. The van der Waals surface area contributed by atoms with Crippen molar-refractivity contribution in [1.82, 2.24) is 0 Å². The highest BCUT2D eigenvalue weighted by atomic mass is 32.2. The Morgan fingerprint density at radius 1 is 1.67 bits per heavy atom. The molecule has 0 fully saturated rings. The van der Waals surface area contributed by atoms with Gasteiger partial charge < -0.3 is 10.8 Å². The molecule has 12 heavy (non-hydrogen) atoms. The predicted octanol–water partition coefficient (Wildman–Crippen LogP) is 1.18. The van der Waals surface area contributed by atoms with Crippen LogP contribution in [-0.2, 0) is 4.79 Å². The van der Waals surface area contributed by atoms with Crippen LogP contribution in [0.1, 0.15) is 19.8 Å². The lowest BCUT2D eigenvalue weighted by Gasteiger charge is -2.15. The summed E-state index contributed by atoms with van der Waals surface area (Å²) in [5.41, 5.74) is 5.45. The van der Waals surface area contributed by atoms with Crippen LogP contribution in [0.25, 0.3) is 0 Å². The normalized spacial score (nSPS) is 15.6. The number of carboxylic acids is 1. The summed E-state index contributed by atoms with van der Waals surface area (Å²) in [5.74, 6) is -0.622. The number of hydrogen-bond donors (Lipinski definition) is 2. The van der Waals surface area contributed by atoms with Crippen LogP contribution >= 0.6 is 11.8 Å². The van der Waals surface area contributed by atoms with Crippen LogP contribution in [0.15, 0.2) is 0 Å². The first kappa shape index (κ1) is 11.8. The molecule has 3 N–H and O–H groups in total. The molecule has 0 spiro atoms. The molecule has 0 saturated heterocycles. The Morgan fingerprint density at radius 2 is 2.25 bits per heavy atom. The highest BCUT2D eigenvalue weighted by Gasteiger charge is 2.14. The maximum Gasteiger partial charge on any atom is 0.303 e. The predicted molar refractivity (Wildman–Crippen MR) is 52.4 cm³/mol. The van der Waals surface area contributed by atoms with Gasteiger partial charge in [-0.05, 0) is 25.1 Å². The molecule has 0 unspecified atom stereocenters. The average molecular weight is 191 g/mol. The van der Waals surface area contributed by atoms with E-state index in [4.69, 9.17) is 10.8 Å². The Hall–Kier alpha value is -0.220. The number of rotatable bonds is 6. The number of nitrogens with two attached hydrogens (primary N) is 1. The number of hydrogen-bond acceptors (Lipinski definition) is 3. The lowest BCUT2D eigenvalue weighted by atomic mass is 10.0. The molecule has 0 heterocycles. The van der Waals surface area contributed by atoms with Crippen LogP contribution in [0.5, 0.6) is 0 Å². The van der Waals surface area contributed by atoms with Gasteiger partial charge in [0.25, 0.3) is 0 Å². The van der Waals surface area contributed by atoms with Gasteiger partial charge in [0.05, 0.1) is 0 Å². The Labute approximate surface area is 77.7 Å². The summed E-state index contributed by atoms with van der Waals surface area (Å²) in [7, 11) is 0. The van der Waals surface area contributed by atoms with Gasteiger partial charge in [0.1, 0.15) is 0 Å². The van der Waals surface area contributed by atoms with Gasteiger partial charge in [-0.1, -0.05) is 6.92 Å². The average Bonchev–Trinajstić information content (AvgIpc) is 2.02. The molecular weight excluding hydrogens is 174 g/mol. The standard InChI is InChI=1S/C8H17NO2S/c1-6(12-2)3-7(5-9)4-8(10)11/h6-7H,3-5,9H2,1-2H3,(H,10,11)/t6-,7+/m0/s1. The van der Waals surface area contributed by atoms with E-state index in [0.29, 0.717) is 11.8 Å². The highest BCUT2D eigenvalue weighted by Crippen LogP contribution is 2.17. The van der Waals surface area contributed by atoms with Crippen LogP contribution in [0.3, 0.4) is 0 Å². The largest absolute Gasteiger partial charge is 0.481 e. The lowest BCUT2D eigenvalue weighted by Crippen LogP contribution is -2.21. The first-order valence-electron chi connectivity index (χ1n) is 4.04. The molecule has 4 heteroatoms. The summed E-state index contributed by atoms with van der Waals surface area (Å²) in [6.45, 7) is 2.56. The molecule has 2 atom stereocenters. The molecule has 0 aromatic carbocycles. The molecule has 0 aliphatic rings. The molecular formula is C8H17NO2S. The first-order chi connectivity index (χ1) is 5.60. The number of aliphatic carboxylic acids is 1. The summed E-state index contributed by atoms with van der Waals surface area (Å²) in [6, 6.07) is 0. The van der Waals surface area contributed by atoms with Crippen LogP contribution in [-0.4, -0.2) is 29.1 Å². The SMILES string of the molecule is CS[C@@H](C)C[C@@H](CN)CC(=O)O. The van der Waals surface area contributed by atoms with Crippen molar-refractivity contribution in [2.45, 2.75) is 25.0 Å². The molecule has 72 valence electrons. The third-order valence-corrected chi connectivity index (χ3v) is 2.86. The van der Waals surface area contributed by atoms with Gasteiger partial charge in [-0.2, -0.15) is 11.8 Å². The Morgan fingerprint density at radius 3 is 2.58 bits per heavy atom. The monoisotopic (exact) mass is 191 g/mol. The van der Waals surface area contributed by atoms with Crippen molar-refractivity contribution >= 4 is 17.7 Å². The van der Waals surface area contributed by atoms with E-state index < -0.39 is 5.97 Å². The van der Waals surface area contributed by atoms with E-state index in [2.05, 4.69) is 6.92 Å². The van der Waals surface area contributed by atoms with Crippen LogP contribution in [0, 0.1) is 5.92 Å². The van der Waals surface area contributed by atoms with Gasteiger partial charge in [0, 0.05) is 11.7 Å². The van der Waals surface area contributed by atoms with Gasteiger partial charge in [-0.25, -0.2) is 0 Å². The van der Waals surface area contributed by atoms with Crippen molar-refractivity contribution in [3.8, 4) is 0 Å².